The van der Waals surface area contributed by atoms with Gasteiger partial charge in [-0.25, -0.2) is 0 Å². The van der Waals surface area contributed by atoms with Gasteiger partial charge in [0.15, 0.2) is 0 Å². The molecule has 0 heteroatoms. The van der Waals surface area contributed by atoms with Crippen LogP contribution in [0.25, 0.3) is 43.4 Å². The zero-order chi connectivity index (χ0) is 16.4. The molecular weight excluding hydrogens is 300 g/mol. The molecule has 0 fully saturated rings. The van der Waals surface area contributed by atoms with Crippen molar-refractivity contribution in [2.45, 2.75) is 6.42 Å². The van der Waals surface area contributed by atoms with Gasteiger partial charge in [-0.05, 0) is 79.2 Å². The highest BCUT2D eigenvalue weighted by Gasteiger charge is 2.20. The lowest BCUT2D eigenvalue weighted by Crippen LogP contribution is -1.83. The lowest BCUT2D eigenvalue weighted by molar-refractivity contribution is 1.28. The first-order valence-corrected chi connectivity index (χ1v) is 8.83. The van der Waals surface area contributed by atoms with E-state index in [4.69, 9.17) is 0 Å². The Morgan fingerprint density at radius 1 is 0.440 bits per heavy atom. The van der Waals surface area contributed by atoms with Gasteiger partial charge in [-0.15, -0.1) is 0 Å². The Labute approximate surface area is 146 Å². The van der Waals surface area contributed by atoms with Crippen LogP contribution in [0.4, 0.5) is 0 Å². The highest BCUT2D eigenvalue weighted by Crippen LogP contribution is 2.41. The Kier molecular flexibility index (Phi) is 2.48. The highest BCUT2D eigenvalue weighted by molar-refractivity contribution is 6.09. The molecule has 0 atom stereocenters. The second-order valence-electron chi connectivity index (χ2n) is 7.05. The predicted molar refractivity (Wildman–Crippen MR) is 107 cm³/mol. The summed E-state index contributed by atoms with van der Waals surface area (Å²) in [5.74, 6) is 0. The molecule has 0 nitrogen and oxygen atoms in total. The monoisotopic (exact) mass is 316 g/mol. The van der Waals surface area contributed by atoms with Gasteiger partial charge < -0.3 is 0 Å². The topological polar surface area (TPSA) is 0 Å². The lowest BCUT2D eigenvalue weighted by atomic mass is 9.96. The maximum atomic E-state index is 2.41. The SMILES string of the molecule is c1ccc2cc3c(cc2c1)Cc1cc2c(ccc4ccccc42)cc1-3. The van der Waals surface area contributed by atoms with Gasteiger partial charge in [-0.1, -0.05) is 66.7 Å². The van der Waals surface area contributed by atoms with Crippen molar-refractivity contribution in [3.8, 4) is 11.1 Å². The largest absolute Gasteiger partial charge is 0.0616 e. The molecule has 0 unspecified atom stereocenters. The van der Waals surface area contributed by atoms with Crippen LogP contribution in [-0.4, -0.2) is 0 Å². The molecule has 0 amide bonds. The number of hydrogen-bond donors (Lipinski definition) is 0. The van der Waals surface area contributed by atoms with Crippen molar-refractivity contribution in [3.05, 3.63) is 96.1 Å². The van der Waals surface area contributed by atoms with Gasteiger partial charge in [-0.2, -0.15) is 0 Å². The molecule has 1 aliphatic carbocycles. The van der Waals surface area contributed by atoms with E-state index in [-0.39, 0.29) is 0 Å². The molecule has 116 valence electrons. The summed E-state index contributed by atoms with van der Waals surface area (Å²) in [6.45, 7) is 0. The average molecular weight is 316 g/mol. The van der Waals surface area contributed by atoms with E-state index in [0.717, 1.165) is 6.42 Å². The first-order valence-electron chi connectivity index (χ1n) is 8.83. The maximum Gasteiger partial charge on any atom is -0.00130 e. The minimum atomic E-state index is 1.04. The highest BCUT2D eigenvalue weighted by atomic mass is 14.2. The van der Waals surface area contributed by atoms with Crippen LogP contribution >= 0.6 is 0 Å². The van der Waals surface area contributed by atoms with E-state index in [2.05, 4.69) is 84.9 Å². The summed E-state index contributed by atoms with van der Waals surface area (Å²) in [6.07, 6.45) is 1.04. The molecular formula is C25H16. The Morgan fingerprint density at radius 2 is 1.04 bits per heavy atom. The van der Waals surface area contributed by atoms with E-state index < -0.39 is 0 Å². The van der Waals surface area contributed by atoms with Crippen molar-refractivity contribution < 1.29 is 0 Å². The van der Waals surface area contributed by atoms with Gasteiger partial charge in [0.05, 0.1) is 0 Å². The molecule has 0 saturated carbocycles. The summed E-state index contributed by atoms with van der Waals surface area (Å²) in [7, 11) is 0. The molecule has 1 aliphatic rings. The lowest BCUT2D eigenvalue weighted by Gasteiger charge is -2.08. The van der Waals surface area contributed by atoms with Crippen LogP contribution in [0, 0.1) is 0 Å². The third-order valence-corrected chi connectivity index (χ3v) is 5.61. The van der Waals surface area contributed by atoms with Gasteiger partial charge in [-0.3, -0.25) is 0 Å². The van der Waals surface area contributed by atoms with Crippen LogP contribution in [0.15, 0.2) is 84.9 Å². The minimum Gasteiger partial charge on any atom is -0.0616 e. The molecule has 0 aliphatic heterocycles. The van der Waals surface area contributed by atoms with E-state index in [1.807, 2.05) is 0 Å². The van der Waals surface area contributed by atoms with Gasteiger partial charge in [0.2, 0.25) is 0 Å². The molecule has 5 aromatic carbocycles. The Balaban J connectivity index is 1.67. The zero-order valence-electron chi connectivity index (χ0n) is 13.8. The van der Waals surface area contributed by atoms with Crippen molar-refractivity contribution in [1.82, 2.24) is 0 Å². The maximum absolute atomic E-state index is 2.41. The first kappa shape index (κ1) is 13.2. The summed E-state index contributed by atoms with van der Waals surface area (Å²) in [4.78, 5) is 0. The quantitative estimate of drug-likeness (QED) is 0.273. The fourth-order valence-electron chi connectivity index (χ4n) is 4.39. The first-order chi connectivity index (χ1) is 12.4. The molecule has 0 spiro atoms. The van der Waals surface area contributed by atoms with E-state index in [1.165, 1.54) is 54.6 Å². The Hall–Kier alpha value is -3.12. The van der Waals surface area contributed by atoms with Crippen LogP contribution in [0.3, 0.4) is 0 Å². The molecule has 0 aromatic heterocycles. The normalized spacial score (nSPS) is 12.6. The van der Waals surface area contributed by atoms with Crippen molar-refractivity contribution >= 4 is 32.3 Å². The van der Waals surface area contributed by atoms with Gasteiger partial charge >= 0.3 is 0 Å². The summed E-state index contributed by atoms with van der Waals surface area (Å²) in [5.41, 5.74) is 5.72. The molecule has 0 radical (unpaired) electrons. The Morgan fingerprint density at radius 3 is 1.88 bits per heavy atom. The standard InChI is InChI=1S/C25H16/c1-2-7-18-13-24-20(11-17(18)6-1)12-21-15-23-19(14-25(21)24)10-9-16-5-3-4-8-22(16)23/h1-11,13-15H,12H2. The minimum absolute atomic E-state index is 1.04. The third-order valence-electron chi connectivity index (χ3n) is 5.61. The van der Waals surface area contributed by atoms with Crippen LogP contribution < -0.4 is 0 Å². The van der Waals surface area contributed by atoms with E-state index in [1.54, 1.807) is 0 Å². The summed E-state index contributed by atoms with van der Waals surface area (Å²) >= 11 is 0. The van der Waals surface area contributed by atoms with E-state index in [9.17, 15) is 0 Å². The van der Waals surface area contributed by atoms with Gasteiger partial charge in [0, 0.05) is 0 Å². The second kappa shape index (κ2) is 4.70. The fourth-order valence-corrected chi connectivity index (χ4v) is 4.39. The molecule has 0 N–H and O–H groups in total. The fraction of sp³-hybridized carbons (Fsp3) is 0.0400. The summed E-state index contributed by atoms with van der Waals surface area (Å²) in [5, 5.41) is 8.03. The van der Waals surface area contributed by atoms with Crippen molar-refractivity contribution in [1.29, 1.82) is 0 Å². The number of fused-ring (bicyclic) bond motifs is 7. The van der Waals surface area contributed by atoms with E-state index >= 15 is 0 Å². The van der Waals surface area contributed by atoms with E-state index in [0.29, 0.717) is 0 Å². The van der Waals surface area contributed by atoms with Crippen LogP contribution in [0.5, 0.6) is 0 Å². The molecule has 0 heterocycles. The summed E-state index contributed by atoms with van der Waals surface area (Å²) in [6, 6.07) is 31.4. The smallest absolute Gasteiger partial charge is 0.00130 e. The van der Waals surface area contributed by atoms with Gasteiger partial charge in [0.1, 0.15) is 0 Å². The van der Waals surface area contributed by atoms with Crippen molar-refractivity contribution in [3.63, 3.8) is 0 Å². The third kappa shape index (κ3) is 1.82. The summed E-state index contributed by atoms with van der Waals surface area (Å²) < 4.78 is 0. The number of benzene rings is 5. The number of hydrogen-bond acceptors (Lipinski definition) is 0. The van der Waals surface area contributed by atoms with Crippen LogP contribution in [0.1, 0.15) is 11.1 Å². The molecule has 6 rings (SSSR count). The Bertz CT molecular complexity index is 1310. The van der Waals surface area contributed by atoms with Crippen LogP contribution in [-0.2, 0) is 6.42 Å². The predicted octanol–water partition coefficient (Wildman–Crippen LogP) is 6.72. The number of rotatable bonds is 0. The molecule has 5 aromatic rings. The molecule has 0 bridgehead atoms. The van der Waals surface area contributed by atoms with Crippen LogP contribution in [0.2, 0.25) is 0 Å². The van der Waals surface area contributed by atoms with Crippen molar-refractivity contribution in [2.75, 3.05) is 0 Å². The van der Waals surface area contributed by atoms with Gasteiger partial charge in [0.25, 0.3) is 0 Å². The average Bonchev–Trinajstić information content (AvgIpc) is 3.01. The van der Waals surface area contributed by atoms with Crippen molar-refractivity contribution in [2.24, 2.45) is 0 Å². The zero-order valence-corrected chi connectivity index (χ0v) is 13.8. The molecule has 0 saturated heterocycles. The molecule has 25 heavy (non-hydrogen) atoms. The second-order valence-corrected chi connectivity index (χ2v) is 7.05.